The van der Waals surface area contributed by atoms with E-state index in [0.717, 1.165) is 16.7 Å². The number of hydrogen-bond donors (Lipinski definition) is 0. The van der Waals surface area contributed by atoms with E-state index in [2.05, 4.69) is 0 Å². The van der Waals surface area contributed by atoms with Gasteiger partial charge in [-0.2, -0.15) is 0 Å². The molecule has 0 spiro atoms. The number of hydrogen-bond acceptors (Lipinski definition) is 4. The number of benzene rings is 2. The fourth-order valence-corrected chi connectivity index (χ4v) is 3.44. The zero-order chi connectivity index (χ0) is 19.4. The molecule has 2 aromatic carbocycles. The molecule has 6 heteroatoms. The zero-order valence-corrected chi connectivity index (χ0v) is 16.4. The maximum absolute atomic E-state index is 13.2. The van der Waals surface area contributed by atoms with E-state index < -0.39 is 18.3 Å². The molecule has 0 N–H and O–H groups in total. The second-order valence-electron chi connectivity index (χ2n) is 8.08. The van der Waals surface area contributed by atoms with Crippen molar-refractivity contribution in [1.82, 2.24) is 0 Å². The maximum atomic E-state index is 13.2. The van der Waals surface area contributed by atoms with Crippen LogP contribution in [0.15, 0.2) is 42.5 Å². The molecule has 2 aliphatic heterocycles. The SMILES string of the molecule is Cc1c(B2OC(C)(C)C(C)(C)O2)ccc2c1C(=O)N(c1ccccc1)CO2. The van der Waals surface area contributed by atoms with Crippen molar-refractivity contribution >= 4 is 24.2 Å². The van der Waals surface area contributed by atoms with Crippen molar-refractivity contribution in [2.45, 2.75) is 45.8 Å². The molecule has 1 fully saturated rings. The van der Waals surface area contributed by atoms with E-state index in [1.54, 1.807) is 4.90 Å². The molecular weight excluding hydrogens is 341 g/mol. The van der Waals surface area contributed by atoms with Gasteiger partial charge in [0, 0.05) is 5.69 Å². The summed E-state index contributed by atoms with van der Waals surface area (Å²) < 4.78 is 18.2. The third kappa shape index (κ3) is 2.84. The number of amides is 1. The Morgan fingerprint density at radius 1 is 0.963 bits per heavy atom. The molecule has 5 nitrogen and oxygen atoms in total. The molecule has 0 bridgehead atoms. The molecule has 4 rings (SSSR count). The van der Waals surface area contributed by atoms with Gasteiger partial charge < -0.3 is 14.0 Å². The van der Waals surface area contributed by atoms with Crippen LogP contribution in [0.25, 0.3) is 0 Å². The van der Waals surface area contributed by atoms with Crippen LogP contribution in [0.5, 0.6) is 5.75 Å². The van der Waals surface area contributed by atoms with Gasteiger partial charge in [-0.3, -0.25) is 9.69 Å². The van der Waals surface area contributed by atoms with Crippen molar-refractivity contribution in [3.63, 3.8) is 0 Å². The number of anilines is 1. The first-order chi connectivity index (χ1) is 12.7. The summed E-state index contributed by atoms with van der Waals surface area (Å²) in [7, 11) is -0.514. The highest BCUT2D eigenvalue weighted by Gasteiger charge is 2.52. The largest absolute Gasteiger partial charge is 0.495 e. The Bertz CT molecular complexity index is 879. The second kappa shape index (κ2) is 6.11. The van der Waals surface area contributed by atoms with Crippen LogP contribution in [-0.2, 0) is 9.31 Å². The summed E-state index contributed by atoms with van der Waals surface area (Å²) in [6, 6.07) is 13.3. The summed E-state index contributed by atoms with van der Waals surface area (Å²) in [5.74, 6) is 0.531. The van der Waals surface area contributed by atoms with Gasteiger partial charge in [-0.05, 0) is 63.8 Å². The van der Waals surface area contributed by atoms with Crippen molar-refractivity contribution in [2.75, 3.05) is 11.6 Å². The molecule has 0 atom stereocenters. The average molecular weight is 365 g/mol. The van der Waals surface area contributed by atoms with Crippen LogP contribution in [0, 0.1) is 6.92 Å². The van der Waals surface area contributed by atoms with Crippen molar-refractivity contribution in [2.24, 2.45) is 0 Å². The monoisotopic (exact) mass is 365 g/mol. The van der Waals surface area contributed by atoms with E-state index in [1.807, 2.05) is 77.1 Å². The molecule has 0 aromatic heterocycles. The molecule has 0 unspecified atom stereocenters. The zero-order valence-electron chi connectivity index (χ0n) is 16.4. The topological polar surface area (TPSA) is 48.0 Å². The highest BCUT2D eigenvalue weighted by molar-refractivity contribution is 6.62. The van der Waals surface area contributed by atoms with Gasteiger partial charge in [0.1, 0.15) is 5.75 Å². The summed E-state index contributed by atoms with van der Waals surface area (Å²) in [6.07, 6.45) is 0. The molecule has 1 saturated heterocycles. The van der Waals surface area contributed by atoms with Crippen LogP contribution in [0.3, 0.4) is 0 Å². The van der Waals surface area contributed by atoms with Gasteiger partial charge in [-0.1, -0.05) is 24.3 Å². The third-order valence-electron chi connectivity index (χ3n) is 5.85. The van der Waals surface area contributed by atoms with Crippen LogP contribution in [0.1, 0.15) is 43.6 Å². The van der Waals surface area contributed by atoms with E-state index in [9.17, 15) is 4.79 Å². The highest BCUT2D eigenvalue weighted by atomic mass is 16.7. The van der Waals surface area contributed by atoms with Crippen molar-refractivity contribution in [1.29, 1.82) is 0 Å². The Kier molecular flexibility index (Phi) is 4.09. The third-order valence-corrected chi connectivity index (χ3v) is 5.85. The number of fused-ring (bicyclic) bond motifs is 1. The lowest BCUT2D eigenvalue weighted by Crippen LogP contribution is -2.42. The standard InChI is InChI=1S/C21H24BNO4/c1-14-16(22-26-20(2,3)21(4,5)27-22)11-12-17-18(14)19(24)23(13-25-17)15-9-7-6-8-10-15/h6-12H,13H2,1-5H3. The van der Waals surface area contributed by atoms with Crippen LogP contribution in [-0.4, -0.2) is 31.0 Å². The second-order valence-corrected chi connectivity index (χ2v) is 8.08. The number of ether oxygens (including phenoxy) is 1. The van der Waals surface area contributed by atoms with Crippen molar-refractivity contribution in [3.8, 4) is 5.75 Å². The number of para-hydroxylation sites is 1. The lowest BCUT2D eigenvalue weighted by Gasteiger charge is -2.32. The minimum atomic E-state index is -0.514. The quantitative estimate of drug-likeness (QED) is 0.767. The van der Waals surface area contributed by atoms with Gasteiger partial charge in [0.25, 0.3) is 5.91 Å². The summed E-state index contributed by atoms with van der Waals surface area (Å²) in [5.41, 5.74) is 2.20. The predicted molar refractivity (Wildman–Crippen MR) is 106 cm³/mol. The van der Waals surface area contributed by atoms with Gasteiger partial charge in [0.2, 0.25) is 0 Å². The van der Waals surface area contributed by atoms with E-state index in [1.165, 1.54) is 0 Å². The van der Waals surface area contributed by atoms with Crippen molar-refractivity contribution in [3.05, 3.63) is 53.6 Å². The summed E-state index contributed by atoms with van der Waals surface area (Å²) >= 11 is 0. The summed E-state index contributed by atoms with van der Waals surface area (Å²) in [4.78, 5) is 14.9. The van der Waals surface area contributed by atoms with Crippen LogP contribution < -0.4 is 15.1 Å². The molecule has 1 amide bonds. The van der Waals surface area contributed by atoms with Gasteiger partial charge in [-0.25, -0.2) is 0 Å². The maximum Gasteiger partial charge on any atom is 0.495 e. The molecule has 2 aromatic rings. The molecular formula is C21H24BNO4. The van der Waals surface area contributed by atoms with Gasteiger partial charge in [0.05, 0.1) is 16.8 Å². The molecule has 0 saturated carbocycles. The lowest BCUT2D eigenvalue weighted by molar-refractivity contribution is 0.00578. The molecule has 2 aliphatic rings. The van der Waals surface area contributed by atoms with E-state index in [0.29, 0.717) is 11.3 Å². The van der Waals surface area contributed by atoms with Gasteiger partial charge in [0.15, 0.2) is 6.73 Å². The first-order valence-electron chi connectivity index (χ1n) is 9.20. The number of carbonyl (C=O) groups is 1. The molecule has 27 heavy (non-hydrogen) atoms. The predicted octanol–water partition coefficient (Wildman–Crippen LogP) is 3.29. The van der Waals surface area contributed by atoms with E-state index >= 15 is 0 Å². The molecule has 0 radical (unpaired) electrons. The Balaban J connectivity index is 1.72. The fourth-order valence-electron chi connectivity index (χ4n) is 3.44. The van der Waals surface area contributed by atoms with Crippen LogP contribution in [0.2, 0.25) is 0 Å². The number of nitrogens with zero attached hydrogens (tertiary/aromatic N) is 1. The molecule has 140 valence electrons. The minimum Gasteiger partial charge on any atom is -0.472 e. The lowest BCUT2D eigenvalue weighted by atomic mass is 9.74. The minimum absolute atomic E-state index is 0.0710. The summed E-state index contributed by atoms with van der Waals surface area (Å²) in [5, 5.41) is 0. The first kappa shape index (κ1) is 18.1. The molecule has 2 heterocycles. The summed E-state index contributed by atoms with van der Waals surface area (Å²) in [6.45, 7) is 10.2. The first-order valence-corrected chi connectivity index (χ1v) is 9.20. The Labute approximate surface area is 160 Å². The Hall–Kier alpha value is -2.31. The Morgan fingerprint density at radius 2 is 1.59 bits per heavy atom. The highest BCUT2D eigenvalue weighted by Crippen LogP contribution is 2.38. The smallest absolute Gasteiger partial charge is 0.472 e. The average Bonchev–Trinajstić information content (AvgIpc) is 2.83. The van der Waals surface area contributed by atoms with Gasteiger partial charge in [-0.15, -0.1) is 0 Å². The van der Waals surface area contributed by atoms with Crippen LogP contribution >= 0.6 is 0 Å². The molecule has 0 aliphatic carbocycles. The fraction of sp³-hybridized carbons (Fsp3) is 0.381. The van der Waals surface area contributed by atoms with Crippen molar-refractivity contribution < 1.29 is 18.8 Å². The Morgan fingerprint density at radius 3 is 2.22 bits per heavy atom. The van der Waals surface area contributed by atoms with Crippen LogP contribution in [0.4, 0.5) is 5.69 Å². The van der Waals surface area contributed by atoms with Gasteiger partial charge >= 0.3 is 7.12 Å². The normalized spacial score (nSPS) is 20.4. The number of carbonyl (C=O) groups excluding carboxylic acids is 1. The number of rotatable bonds is 2. The van der Waals surface area contributed by atoms with E-state index in [-0.39, 0.29) is 12.6 Å². The van der Waals surface area contributed by atoms with E-state index in [4.69, 9.17) is 14.0 Å².